The van der Waals surface area contributed by atoms with Gasteiger partial charge < -0.3 is 4.90 Å². The molecule has 198 valence electrons. The van der Waals surface area contributed by atoms with Crippen LogP contribution in [-0.2, 0) is 17.8 Å². The van der Waals surface area contributed by atoms with E-state index in [2.05, 4.69) is 48.7 Å². The first-order chi connectivity index (χ1) is 18.4. The quantitative estimate of drug-likeness (QED) is 0.229. The van der Waals surface area contributed by atoms with Crippen molar-refractivity contribution >= 4 is 46.1 Å². The first-order valence-electron chi connectivity index (χ1n) is 13.2. The van der Waals surface area contributed by atoms with Crippen molar-refractivity contribution in [1.29, 1.82) is 5.26 Å². The first-order valence-corrected chi connectivity index (χ1v) is 14.4. The van der Waals surface area contributed by atoms with Crippen LogP contribution in [0.5, 0.6) is 0 Å². The maximum atomic E-state index is 13.5. The van der Waals surface area contributed by atoms with E-state index in [4.69, 9.17) is 12.2 Å². The number of thiocarbonyl (C=S) groups is 1. The van der Waals surface area contributed by atoms with Crippen LogP contribution in [0, 0.1) is 24.2 Å². The summed E-state index contributed by atoms with van der Waals surface area (Å²) in [5.41, 5.74) is 2.61. The molecule has 0 N–H and O–H groups in total. The van der Waals surface area contributed by atoms with Gasteiger partial charge in [0.25, 0.3) is 11.5 Å². The van der Waals surface area contributed by atoms with Gasteiger partial charge in [-0.25, -0.2) is 0 Å². The molecule has 2 saturated heterocycles. The Morgan fingerprint density at radius 1 is 1.21 bits per heavy atom. The van der Waals surface area contributed by atoms with E-state index in [-0.39, 0.29) is 17.0 Å². The highest BCUT2D eigenvalue weighted by Gasteiger charge is 2.33. The lowest BCUT2D eigenvalue weighted by Crippen LogP contribution is -2.40. The lowest BCUT2D eigenvalue weighted by atomic mass is 9.90. The number of piperidine rings is 1. The minimum Gasteiger partial charge on any atom is -0.357 e. The van der Waals surface area contributed by atoms with Crippen LogP contribution in [0.25, 0.3) is 6.08 Å². The summed E-state index contributed by atoms with van der Waals surface area (Å²) in [6, 6.07) is 12.7. The number of anilines is 1. The van der Waals surface area contributed by atoms with E-state index < -0.39 is 0 Å². The average molecular weight is 547 g/mol. The van der Waals surface area contributed by atoms with E-state index >= 15 is 0 Å². The number of carbonyl (C=O) groups is 1. The van der Waals surface area contributed by atoms with Gasteiger partial charge in [-0.15, -0.1) is 6.58 Å². The fourth-order valence-corrected chi connectivity index (χ4v) is 6.48. The molecule has 3 heterocycles. The molecule has 2 fully saturated rings. The van der Waals surface area contributed by atoms with Crippen LogP contribution >= 0.6 is 24.0 Å². The Morgan fingerprint density at radius 2 is 1.92 bits per heavy atom. The van der Waals surface area contributed by atoms with Crippen LogP contribution in [0.15, 0.2) is 52.7 Å². The van der Waals surface area contributed by atoms with Gasteiger partial charge in [0.2, 0.25) is 0 Å². The third kappa shape index (κ3) is 5.79. The molecule has 38 heavy (non-hydrogen) atoms. The van der Waals surface area contributed by atoms with Crippen LogP contribution < -0.4 is 10.5 Å². The van der Waals surface area contributed by atoms with Crippen molar-refractivity contribution in [3.05, 3.63) is 80.5 Å². The fraction of sp³-hybridized carbons (Fsp3) is 0.400. The van der Waals surface area contributed by atoms with E-state index in [1.807, 2.05) is 19.1 Å². The Morgan fingerprint density at radius 3 is 2.55 bits per heavy atom. The second kappa shape index (κ2) is 12.6. The smallest absolute Gasteiger partial charge is 0.270 e. The standard InChI is InChI=1S/C30H34N4O2S2/c1-4-6-15-33-27(32-16-12-23(13-17-32)18-22-10-8-7-9-11-22)24(21(3)25(20-31)28(33)35)19-26-29(36)34(14-5-2)30(37)38-26/h5,7-11,19,23H,2,4,6,12-18H2,1,3H3/b26-19-. The third-order valence-electron chi connectivity index (χ3n) is 7.32. The summed E-state index contributed by atoms with van der Waals surface area (Å²) >= 11 is 6.70. The molecule has 0 bridgehead atoms. The normalized spacial score (nSPS) is 17.3. The highest BCUT2D eigenvalue weighted by atomic mass is 32.2. The predicted octanol–water partition coefficient (Wildman–Crippen LogP) is 5.67. The summed E-state index contributed by atoms with van der Waals surface area (Å²) in [6.45, 7) is 10.1. The highest BCUT2D eigenvalue weighted by Crippen LogP contribution is 2.37. The van der Waals surface area contributed by atoms with Gasteiger partial charge in [0.05, 0.1) is 4.91 Å². The highest BCUT2D eigenvalue weighted by molar-refractivity contribution is 8.26. The van der Waals surface area contributed by atoms with Gasteiger partial charge in [-0.1, -0.05) is 73.7 Å². The molecule has 2 aromatic rings. The zero-order valence-corrected chi connectivity index (χ0v) is 23.7. The maximum Gasteiger partial charge on any atom is 0.270 e. The Kier molecular flexibility index (Phi) is 9.24. The van der Waals surface area contributed by atoms with E-state index in [1.165, 1.54) is 22.2 Å². The molecule has 0 unspecified atom stereocenters. The number of carbonyl (C=O) groups excluding carboxylic acids is 1. The maximum absolute atomic E-state index is 13.5. The molecule has 6 nitrogen and oxygen atoms in total. The third-order valence-corrected chi connectivity index (χ3v) is 8.70. The van der Waals surface area contributed by atoms with Gasteiger partial charge in [0.15, 0.2) is 0 Å². The zero-order valence-electron chi connectivity index (χ0n) is 22.1. The molecule has 0 saturated carbocycles. The molecular formula is C30H34N4O2S2. The van der Waals surface area contributed by atoms with Gasteiger partial charge in [-0.05, 0) is 55.7 Å². The second-order valence-corrected chi connectivity index (χ2v) is 11.5. The summed E-state index contributed by atoms with van der Waals surface area (Å²) in [5.74, 6) is 1.21. The Labute approximate surface area is 234 Å². The summed E-state index contributed by atoms with van der Waals surface area (Å²) < 4.78 is 2.25. The number of benzene rings is 1. The molecule has 0 radical (unpaired) electrons. The van der Waals surface area contributed by atoms with Crippen molar-refractivity contribution in [3.63, 3.8) is 0 Å². The molecule has 2 aliphatic heterocycles. The van der Waals surface area contributed by atoms with Crippen LogP contribution in [0.2, 0.25) is 0 Å². The first kappa shape index (κ1) is 27.9. The van der Waals surface area contributed by atoms with Gasteiger partial charge in [0.1, 0.15) is 21.8 Å². The number of amides is 1. The van der Waals surface area contributed by atoms with Crippen LogP contribution in [0.3, 0.4) is 0 Å². The average Bonchev–Trinajstić information content (AvgIpc) is 3.18. The zero-order chi connectivity index (χ0) is 27.2. The lowest BCUT2D eigenvalue weighted by Gasteiger charge is -2.36. The summed E-state index contributed by atoms with van der Waals surface area (Å²) in [5, 5.41) is 9.91. The van der Waals surface area contributed by atoms with Crippen LogP contribution in [0.4, 0.5) is 5.82 Å². The number of nitriles is 1. The molecule has 0 aliphatic carbocycles. The summed E-state index contributed by atoms with van der Waals surface area (Å²) in [4.78, 5) is 31.0. The van der Waals surface area contributed by atoms with E-state index in [0.717, 1.165) is 56.6 Å². The van der Waals surface area contributed by atoms with Crippen LogP contribution in [-0.4, -0.2) is 39.3 Å². The molecule has 4 rings (SSSR count). The van der Waals surface area contributed by atoms with Crippen molar-refractivity contribution in [2.45, 2.75) is 52.5 Å². The molecular weight excluding hydrogens is 512 g/mol. The van der Waals surface area contributed by atoms with E-state index in [0.29, 0.717) is 33.8 Å². The summed E-state index contributed by atoms with van der Waals surface area (Å²) in [6.07, 6.45) is 8.31. The predicted molar refractivity (Wildman–Crippen MR) is 160 cm³/mol. The van der Waals surface area contributed by atoms with Gasteiger partial charge >= 0.3 is 0 Å². The van der Waals surface area contributed by atoms with Gasteiger partial charge in [-0.3, -0.25) is 19.1 Å². The summed E-state index contributed by atoms with van der Waals surface area (Å²) in [7, 11) is 0. The minimum atomic E-state index is -0.254. The van der Waals surface area contributed by atoms with E-state index in [1.54, 1.807) is 10.6 Å². The Hall–Kier alpha value is -3.15. The van der Waals surface area contributed by atoms with Crippen molar-refractivity contribution in [2.24, 2.45) is 5.92 Å². The molecule has 2 aliphatic rings. The SMILES string of the molecule is C=CCN1C(=O)/C(=C/c2c(C)c(C#N)c(=O)n(CCCC)c2N2CCC(Cc3ccccc3)CC2)SC1=S. The number of nitrogens with zero attached hydrogens (tertiary/aromatic N) is 4. The number of thioether (sulfide) groups is 1. The number of rotatable bonds is 9. The minimum absolute atomic E-state index is 0.136. The number of hydrogen-bond acceptors (Lipinski definition) is 6. The second-order valence-electron chi connectivity index (χ2n) is 9.86. The molecule has 8 heteroatoms. The monoisotopic (exact) mass is 546 g/mol. The molecule has 1 aromatic heterocycles. The van der Waals surface area contributed by atoms with Crippen molar-refractivity contribution in [1.82, 2.24) is 9.47 Å². The molecule has 1 aromatic carbocycles. The molecule has 0 atom stereocenters. The Bertz CT molecular complexity index is 1350. The van der Waals surface area contributed by atoms with Crippen molar-refractivity contribution in [3.8, 4) is 6.07 Å². The van der Waals surface area contributed by atoms with Crippen molar-refractivity contribution < 1.29 is 4.79 Å². The number of pyridine rings is 1. The van der Waals surface area contributed by atoms with Gasteiger partial charge in [0, 0.05) is 31.7 Å². The number of aromatic nitrogens is 1. The largest absolute Gasteiger partial charge is 0.357 e. The van der Waals surface area contributed by atoms with Gasteiger partial charge in [-0.2, -0.15) is 5.26 Å². The lowest BCUT2D eigenvalue weighted by molar-refractivity contribution is -0.121. The topological polar surface area (TPSA) is 69.3 Å². The Balaban J connectivity index is 1.75. The molecule has 1 amide bonds. The molecule has 0 spiro atoms. The van der Waals surface area contributed by atoms with Crippen molar-refractivity contribution in [2.75, 3.05) is 24.5 Å². The number of hydrogen-bond donors (Lipinski definition) is 0. The number of unbranched alkanes of at least 4 members (excludes halogenated alkanes) is 1. The fourth-order valence-electron chi connectivity index (χ4n) is 5.22. The van der Waals surface area contributed by atoms with Crippen LogP contribution in [0.1, 0.15) is 54.9 Å². The van der Waals surface area contributed by atoms with E-state index in [9.17, 15) is 14.9 Å².